The summed E-state index contributed by atoms with van der Waals surface area (Å²) in [4.78, 5) is 0. The summed E-state index contributed by atoms with van der Waals surface area (Å²) in [6.07, 6.45) is 0. The SMILES string of the molecule is CCOCCn1nc(C)cc1C. The lowest BCUT2D eigenvalue weighted by Crippen LogP contribution is -2.08. The second-order valence-electron chi connectivity index (χ2n) is 2.85. The molecular formula is C9H16N2O. The Hall–Kier alpha value is -0.830. The van der Waals surface area contributed by atoms with Gasteiger partial charge in [-0.2, -0.15) is 5.10 Å². The zero-order valence-electron chi connectivity index (χ0n) is 8.00. The van der Waals surface area contributed by atoms with Gasteiger partial charge in [-0.25, -0.2) is 0 Å². The zero-order chi connectivity index (χ0) is 8.97. The Morgan fingerprint density at radius 3 is 2.75 bits per heavy atom. The molecule has 0 aliphatic heterocycles. The molecule has 3 heteroatoms. The number of hydrogen-bond acceptors (Lipinski definition) is 2. The maximum absolute atomic E-state index is 5.24. The first-order chi connectivity index (χ1) is 5.74. The van der Waals surface area contributed by atoms with Crippen LogP contribution < -0.4 is 0 Å². The van der Waals surface area contributed by atoms with E-state index >= 15 is 0 Å². The van der Waals surface area contributed by atoms with Crippen LogP contribution in [0.2, 0.25) is 0 Å². The van der Waals surface area contributed by atoms with Crippen molar-refractivity contribution in [2.45, 2.75) is 27.3 Å². The van der Waals surface area contributed by atoms with Crippen molar-refractivity contribution < 1.29 is 4.74 Å². The molecule has 1 heterocycles. The average Bonchev–Trinajstić information content (AvgIpc) is 2.31. The maximum Gasteiger partial charge on any atom is 0.0662 e. The number of ether oxygens (including phenoxy) is 1. The zero-order valence-corrected chi connectivity index (χ0v) is 8.00. The van der Waals surface area contributed by atoms with E-state index in [4.69, 9.17) is 4.74 Å². The normalized spacial score (nSPS) is 10.6. The molecule has 1 aromatic heterocycles. The van der Waals surface area contributed by atoms with Gasteiger partial charge in [0.25, 0.3) is 0 Å². The molecule has 0 aliphatic carbocycles. The van der Waals surface area contributed by atoms with Crippen LogP contribution >= 0.6 is 0 Å². The van der Waals surface area contributed by atoms with E-state index in [1.54, 1.807) is 0 Å². The maximum atomic E-state index is 5.24. The first kappa shape index (κ1) is 9.26. The second kappa shape index (κ2) is 4.26. The van der Waals surface area contributed by atoms with E-state index in [1.165, 1.54) is 5.69 Å². The summed E-state index contributed by atoms with van der Waals surface area (Å²) in [5.41, 5.74) is 2.27. The highest BCUT2D eigenvalue weighted by Gasteiger charge is 1.98. The third kappa shape index (κ3) is 2.34. The van der Waals surface area contributed by atoms with Crippen LogP contribution in [0.15, 0.2) is 6.07 Å². The summed E-state index contributed by atoms with van der Waals surface area (Å²) in [5, 5.41) is 4.32. The number of aromatic nitrogens is 2. The van der Waals surface area contributed by atoms with E-state index in [9.17, 15) is 0 Å². The molecule has 0 amide bonds. The van der Waals surface area contributed by atoms with Gasteiger partial charge in [-0.1, -0.05) is 0 Å². The molecule has 0 radical (unpaired) electrons. The number of nitrogens with zero attached hydrogens (tertiary/aromatic N) is 2. The highest BCUT2D eigenvalue weighted by molar-refractivity contribution is 5.06. The van der Waals surface area contributed by atoms with E-state index in [-0.39, 0.29) is 0 Å². The summed E-state index contributed by atoms with van der Waals surface area (Å²) >= 11 is 0. The van der Waals surface area contributed by atoms with Crippen LogP contribution in [0.5, 0.6) is 0 Å². The van der Waals surface area contributed by atoms with Crippen molar-refractivity contribution in [3.63, 3.8) is 0 Å². The molecule has 0 saturated heterocycles. The number of hydrogen-bond donors (Lipinski definition) is 0. The van der Waals surface area contributed by atoms with Gasteiger partial charge in [-0.05, 0) is 26.8 Å². The van der Waals surface area contributed by atoms with Gasteiger partial charge in [0.15, 0.2) is 0 Å². The smallest absolute Gasteiger partial charge is 0.0662 e. The summed E-state index contributed by atoms with van der Waals surface area (Å²) < 4.78 is 7.22. The molecule has 1 aromatic rings. The van der Waals surface area contributed by atoms with Gasteiger partial charge in [0.2, 0.25) is 0 Å². The van der Waals surface area contributed by atoms with E-state index in [0.717, 1.165) is 25.5 Å². The summed E-state index contributed by atoms with van der Waals surface area (Å²) in [5.74, 6) is 0. The van der Waals surface area contributed by atoms with Crippen molar-refractivity contribution in [2.24, 2.45) is 0 Å². The molecule has 12 heavy (non-hydrogen) atoms. The second-order valence-corrected chi connectivity index (χ2v) is 2.85. The lowest BCUT2D eigenvalue weighted by atomic mass is 10.4. The molecule has 0 aromatic carbocycles. The van der Waals surface area contributed by atoms with Crippen molar-refractivity contribution in [2.75, 3.05) is 13.2 Å². The molecule has 0 saturated carbocycles. The van der Waals surface area contributed by atoms with Gasteiger partial charge in [0, 0.05) is 12.3 Å². The predicted molar refractivity (Wildman–Crippen MR) is 48.2 cm³/mol. The first-order valence-corrected chi connectivity index (χ1v) is 4.33. The Balaban J connectivity index is 2.45. The molecule has 0 aliphatic rings. The highest BCUT2D eigenvalue weighted by atomic mass is 16.5. The Morgan fingerprint density at radius 2 is 2.25 bits per heavy atom. The number of rotatable bonds is 4. The first-order valence-electron chi connectivity index (χ1n) is 4.33. The van der Waals surface area contributed by atoms with Gasteiger partial charge >= 0.3 is 0 Å². The highest BCUT2D eigenvalue weighted by Crippen LogP contribution is 2.00. The van der Waals surface area contributed by atoms with Crippen molar-refractivity contribution >= 4 is 0 Å². The fraction of sp³-hybridized carbons (Fsp3) is 0.667. The molecule has 0 N–H and O–H groups in total. The van der Waals surface area contributed by atoms with Crippen molar-refractivity contribution in [1.82, 2.24) is 9.78 Å². The van der Waals surface area contributed by atoms with Gasteiger partial charge in [-0.3, -0.25) is 4.68 Å². The molecule has 68 valence electrons. The van der Waals surface area contributed by atoms with Crippen molar-refractivity contribution in [3.8, 4) is 0 Å². The largest absolute Gasteiger partial charge is 0.380 e. The average molecular weight is 168 g/mol. The molecule has 0 fully saturated rings. The van der Waals surface area contributed by atoms with Crippen molar-refractivity contribution in [1.29, 1.82) is 0 Å². The molecule has 0 bridgehead atoms. The fourth-order valence-corrected chi connectivity index (χ4v) is 1.20. The van der Waals surface area contributed by atoms with Gasteiger partial charge < -0.3 is 4.74 Å². The minimum Gasteiger partial charge on any atom is -0.380 e. The van der Waals surface area contributed by atoms with Crippen molar-refractivity contribution in [3.05, 3.63) is 17.5 Å². The summed E-state index contributed by atoms with van der Waals surface area (Å²) in [6.45, 7) is 8.45. The molecule has 0 unspecified atom stereocenters. The van der Waals surface area contributed by atoms with Crippen LogP contribution in [0.4, 0.5) is 0 Å². The Kier molecular flexibility index (Phi) is 3.29. The van der Waals surface area contributed by atoms with Crippen LogP contribution in [-0.2, 0) is 11.3 Å². The summed E-state index contributed by atoms with van der Waals surface area (Å²) in [7, 11) is 0. The minimum atomic E-state index is 0.748. The van der Waals surface area contributed by atoms with Crippen LogP contribution in [0.1, 0.15) is 18.3 Å². The van der Waals surface area contributed by atoms with Gasteiger partial charge in [-0.15, -0.1) is 0 Å². The lowest BCUT2D eigenvalue weighted by molar-refractivity contribution is 0.135. The predicted octanol–water partition coefficient (Wildman–Crippen LogP) is 1.54. The Morgan fingerprint density at radius 1 is 1.50 bits per heavy atom. The van der Waals surface area contributed by atoms with E-state index in [0.29, 0.717) is 0 Å². The minimum absolute atomic E-state index is 0.748. The van der Waals surface area contributed by atoms with Gasteiger partial charge in [0.05, 0.1) is 18.8 Å². The fourth-order valence-electron chi connectivity index (χ4n) is 1.20. The Labute approximate surface area is 73.3 Å². The Bertz CT molecular complexity index is 243. The van der Waals surface area contributed by atoms with Gasteiger partial charge in [0.1, 0.15) is 0 Å². The lowest BCUT2D eigenvalue weighted by Gasteiger charge is -2.03. The topological polar surface area (TPSA) is 27.1 Å². The third-order valence-electron chi connectivity index (χ3n) is 1.75. The standard InChI is InChI=1S/C9H16N2O/c1-4-12-6-5-11-9(3)7-8(2)10-11/h7H,4-6H2,1-3H3. The molecular weight excluding hydrogens is 152 g/mol. The number of aryl methyl sites for hydroxylation is 2. The third-order valence-corrected chi connectivity index (χ3v) is 1.75. The molecule has 0 spiro atoms. The molecule has 1 rings (SSSR count). The van der Waals surface area contributed by atoms with E-state index in [2.05, 4.69) is 18.1 Å². The van der Waals surface area contributed by atoms with Crippen LogP contribution in [-0.4, -0.2) is 23.0 Å². The summed E-state index contributed by atoms with van der Waals surface area (Å²) in [6, 6.07) is 2.08. The van der Waals surface area contributed by atoms with E-state index < -0.39 is 0 Å². The van der Waals surface area contributed by atoms with Crippen LogP contribution in [0, 0.1) is 13.8 Å². The molecule has 0 atom stereocenters. The van der Waals surface area contributed by atoms with Crippen LogP contribution in [0.25, 0.3) is 0 Å². The van der Waals surface area contributed by atoms with Crippen LogP contribution in [0.3, 0.4) is 0 Å². The monoisotopic (exact) mass is 168 g/mol. The quantitative estimate of drug-likeness (QED) is 0.637. The molecule has 3 nitrogen and oxygen atoms in total. The van der Waals surface area contributed by atoms with E-state index in [1.807, 2.05) is 18.5 Å².